The lowest BCUT2D eigenvalue weighted by molar-refractivity contribution is 0.601. The number of halogens is 2. The number of anilines is 2. The molecule has 0 atom stereocenters. The van der Waals surface area contributed by atoms with Crippen LogP contribution >= 0.6 is 23.2 Å². The van der Waals surface area contributed by atoms with Crippen LogP contribution < -0.4 is 10.5 Å². The predicted molar refractivity (Wildman–Crippen MR) is 82.8 cm³/mol. The van der Waals surface area contributed by atoms with E-state index in [1.165, 1.54) is 36.4 Å². The molecule has 0 aliphatic heterocycles. The molecule has 0 saturated heterocycles. The van der Waals surface area contributed by atoms with Crippen molar-refractivity contribution in [2.75, 3.05) is 10.5 Å². The van der Waals surface area contributed by atoms with Crippen molar-refractivity contribution in [1.82, 2.24) is 0 Å². The zero-order valence-electron chi connectivity index (χ0n) is 10.5. The Kier molecular flexibility index (Phi) is 4.28. The third-order valence-electron chi connectivity index (χ3n) is 2.61. The highest BCUT2D eigenvalue weighted by Gasteiger charge is 2.19. The molecular formula is C13H9Cl2N3O2S. The molecule has 108 valence electrons. The molecule has 21 heavy (non-hydrogen) atoms. The van der Waals surface area contributed by atoms with Gasteiger partial charge < -0.3 is 5.73 Å². The predicted octanol–water partition coefficient (Wildman–Crippen LogP) is 3.25. The number of rotatable bonds is 3. The van der Waals surface area contributed by atoms with E-state index in [0.717, 1.165) is 0 Å². The number of benzene rings is 2. The van der Waals surface area contributed by atoms with E-state index in [-0.39, 0.29) is 21.8 Å². The summed E-state index contributed by atoms with van der Waals surface area (Å²) in [5.74, 6) is 0. The molecular weight excluding hydrogens is 333 g/mol. The molecule has 2 aromatic rings. The molecule has 0 aliphatic rings. The van der Waals surface area contributed by atoms with E-state index in [1.807, 2.05) is 6.07 Å². The second-order valence-corrected chi connectivity index (χ2v) is 6.61. The van der Waals surface area contributed by atoms with Crippen LogP contribution in [0.25, 0.3) is 0 Å². The van der Waals surface area contributed by atoms with Gasteiger partial charge in [0.1, 0.15) is 11.0 Å². The van der Waals surface area contributed by atoms with Crippen LogP contribution in [0.1, 0.15) is 5.56 Å². The van der Waals surface area contributed by atoms with Crippen molar-refractivity contribution in [2.24, 2.45) is 0 Å². The number of nitrogens with one attached hydrogen (secondary N) is 1. The van der Waals surface area contributed by atoms with E-state index in [4.69, 9.17) is 34.2 Å². The molecule has 0 saturated carbocycles. The maximum absolute atomic E-state index is 12.3. The Hall–Kier alpha value is -1.94. The van der Waals surface area contributed by atoms with Gasteiger partial charge in [0, 0.05) is 10.0 Å². The maximum atomic E-state index is 12.3. The average Bonchev–Trinajstić information content (AvgIpc) is 2.37. The highest BCUT2D eigenvalue weighted by Crippen LogP contribution is 2.27. The van der Waals surface area contributed by atoms with Crippen molar-refractivity contribution >= 4 is 44.6 Å². The molecule has 0 aromatic heterocycles. The van der Waals surface area contributed by atoms with Crippen LogP contribution in [0.15, 0.2) is 41.3 Å². The third kappa shape index (κ3) is 3.39. The van der Waals surface area contributed by atoms with Gasteiger partial charge in [-0.1, -0.05) is 23.2 Å². The van der Waals surface area contributed by atoms with E-state index < -0.39 is 10.0 Å². The smallest absolute Gasteiger partial charge is 0.263 e. The summed E-state index contributed by atoms with van der Waals surface area (Å²) in [5.41, 5.74) is 5.91. The third-order valence-corrected chi connectivity index (χ3v) is 4.52. The summed E-state index contributed by atoms with van der Waals surface area (Å²) in [7, 11) is -3.95. The number of nitriles is 1. The number of hydrogen-bond acceptors (Lipinski definition) is 4. The van der Waals surface area contributed by atoms with Gasteiger partial charge in [-0.05, 0) is 36.4 Å². The highest BCUT2D eigenvalue weighted by atomic mass is 35.5. The van der Waals surface area contributed by atoms with Crippen LogP contribution in [0.3, 0.4) is 0 Å². The molecule has 0 unspecified atom stereocenters. The fourth-order valence-corrected chi connectivity index (χ4v) is 3.20. The van der Waals surface area contributed by atoms with Crippen molar-refractivity contribution in [3.05, 3.63) is 52.0 Å². The van der Waals surface area contributed by atoms with E-state index in [2.05, 4.69) is 4.72 Å². The molecule has 0 bridgehead atoms. The van der Waals surface area contributed by atoms with Gasteiger partial charge >= 0.3 is 0 Å². The first-order valence-electron chi connectivity index (χ1n) is 5.61. The second-order valence-electron chi connectivity index (χ2n) is 4.09. The quantitative estimate of drug-likeness (QED) is 0.837. The topological polar surface area (TPSA) is 96.0 Å². The summed E-state index contributed by atoms with van der Waals surface area (Å²) in [6, 6.07) is 10.2. The molecule has 0 heterocycles. The zero-order valence-corrected chi connectivity index (χ0v) is 12.8. The highest BCUT2D eigenvalue weighted by molar-refractivity contribution is 7.92. The van der Waals surface area contributed by atoms with Gasteiger partial charge in [-0.25, -0.2) is 8.42 Å². The fraction of sp³-hybridized carbons (Fsp3) is 0. The molecule has 3 N–H and O–H groups in total. The fourth-order valence-electron chi connectivity index (χ4n) is 1.66. The summed E-state index contributed by atoms with van der Waals surface area (Å²) in [5, 5.41) is 9.63. The lowest BCUT2D eigenvalue weighted by Crippen LogP contribution is -2.15. The van der Waals surface area contributed by atoms with Gasteiger partial charge in [0.15, 0.2) is 0 Å². The van der Waals surface area contributed by atoms with Crippen LogP contribution in [-0.2, 0) is 10.0 Å². The van der Waals surface area contributed by atoms with E-state index >= 15 is 0 Å². The maximum Gasteiger partial charge on any atom is 0.263 e. The van der Waals surface area contributed by atoms with Crippen LogP contribution in [0.4, 0.5) is 11.4 Å². The average molecular weight is 342 g/mol. The molecule has 2 aromatic carbocycles. The molecule has 0 fully saturated rings. The Bertz CT molecular complexity index is 845. The monoisotopic (exact) mass is 341 g/mol. The Labute approximate surface area is 132 Å². The lowest BCUT2D eigenvalue weighted by atomic mass is 10.2. The number of sulfonamides is 1. The minimum Gasteiger partial charge on any atom is -0.398 e. The first-order valence-corrected chi connectivity index (χ1v) is 7.85. The second kappa shape index (κ2) is 5.82. The zero-order chi connectivity index (χ0) is 15.6. The first-order chi connectivity index (χ1) is 9.83. The normalized spacial score (nSPS) is 10.9. The van der Waals surface area contributed by atoms with E-state index in [9.17, 15) is 8.42 Å². The Morgan fingerprint density at radius 1 is 1.10 bits per heavy atom. The van der Waals surface area contributed by atoms with Crippen LogP contribution in [-0.4, -0.2) is 8.42 Å². The summed E-state index contributed by atoms with van der Waals surface area (Å²) in [6.07, 6.45) is 0. The number of nitrogen functional groups attached to an aromatic ring is 1. The van der Waals surface area contributed by atoms with Crippen molar-refractivity contribution in [3.63, 3.8) is 0 Å². The van der Waals surface area contributed by atoms with Gasteiger partial charge in [0.05, 0.1) is 16.9 Å². The minimum absolute atomic E-state index is 0.00976. The number of nitrogens with zero attached hydrogens (tertiary/aromatic N) is 1. The van der Waals surface area contributed by atoms with Crippen molar-refractivity contribution in [1.29, 1.82) is 5.26 Å². The first kappa shape index (κ1) is 15.4. The van der Waals surface area contributed by atoms with E-state index in [1.54, 1.807) is 0 Å². The van der Waals surface area contributed by atoms with Crippen molar-refractivity contribution < 1.29 is 8.42 Å². The molecule has 2 rings (SSSR count). The van der Waals surface area contributed by atoms with Gasteiger partial charge in [0.2, 0.25) is 0 Å². The summed E-state index contributed by atoms with van der Waals surface area (Å²) >= 11 is 11.6. The van der Waals surface area contributed by atoms with E-state index in [0.29, 0.717) is 10.0 Å². The molecule has 5 nitrogen and oxygen atoms in total. The summed E-state index contributed by atoms with van der Waals surface area (Å²) < 4.78 is 27.0. The van der Waals surface area contributed by atoms with Crippen LogP contribution in [0.2, 0.25) is 10.0 Å². The van der Waals surface area contributed by atoms with Gasteiger partial charge in [-0.3, -0.25) is 4.72 Å². The molecule has 8 heteroatoms. The molecule has 0 spiro atoms. The summed E-state index contributed by atoms with van der Waals surface area (Å²) in [6.45, 7) is 0. The Morgan fingerprint density at radius 3 is 2.33 bits per heavy atom. The molecule has 0 radical (unpaired) electrons. The van der Waals surface area contributed by atoms with Crippen LogP contribution in [0, 0.1) is 11.3 Å². The number of hydrogen-bond donors (Lipinski definition) is 2. The number of nitrogens with two attached hydrogens (primary N) is 1. The van der Waals surface area contributed by atoms with Crippen molar-refractivity contribution in [3.8, 4) is 6.07 Å². The van der Waals surface area contributed by atoms with Gasteiger partial charge in [0.25, 0.3) is 10.0 Å². The molecule has 0 aliphatic carbocycles. The van der Waals surface area contributed by atoms with Gasteiger partial charge in [-0.2, -0.15) is 5.26 Å². The minimum atomic E-state index is -3.95. The SMILES string of the molecule is N#Cc1ccc(Cl)cc1NS(=O)(=O)c1ccc(Cl)cc1N. The van der Waals surface area contributed by atoms with Crippen LogP contribution in [0.5, 0.6) is 0 Å². The largest absolute Gasteiger partial charge is 0.398 e. The standard InChI is InChI=1S/C13H9Cl2N3O2S/c14-9-3-4-13(11(17)5-9)21(19,20)18-12-6-10(15)2-1-8(12)7-16/h1-6,18H,17H2. The molecule has 0 amide bonds. The summed E-state index contributed by atoms with van der Waals surface area (Å²) in [4.78, 5) is -0.129. The van der Waals surface area contributed by atoms with Gasteiger partial charge in [-0.15, -0.1) is 0 Å². The van der Waals surface area contributed by atoms with Crippen molar-refractivity contribution in [2.45, 2.75) is 4.90 Å². The Balaban J connectivity index is 2.47. The Morgan fingerprint density at radius 2 is 1.71 bits per heavy atom. The lowest BCUT2D eigenvalue weighted by Gasteiger charge is -2.11.